The van der Waals surface area contributed by atoms with Crippen molar-refractivity contribution < 1.29 is 8.42 Å². The monoisotopic (exact) mass is 281 g/mol. The molecular formula is C15H23NO2S. The second-order valence-electron chi connectivity index (χ2n) is 5.77. The lowest BCUT2D eigenvalue weighted by atomic mass is 9.88. The van der Waals surface area contributed by atoms with Gasteiger partial charge >= 0.3 is 0 Å². The quantitative estimate of drug-likeness (QED) is 0.900. The van der Waals surface area contributed by atoms with Gasteiger partial charge in [0.05, 0.1) is 11.5 Å². The van der Waals surface area contributed by atoms with Gasteiger partial charge in [-0.1, -0.05) is 44.2 Å². The van der Waals surface area contributed by atoms with E-state index in [-0.39, 0.29) is 6.04 Å². The lowest BCUT2D eigenvalue weighted by molar-refractivity contribution is 0.433. The molecule has 0 amide bonds. The van der Waals surface area contributed by atoms with Crippen molar-refractivity contribution in [3.63, 3.8) is 0 Å². The molecule has 1 aromatic rings. The van der Waals surface area contributed by atoms with Crippen molar-refractivity contribution in [2.45, 2.75) is 32.2 Å². The molecule has 2 rings (SSSR count). The van der Waals surface area contributed by atoms with Gasteiger partial charge in [0.2, 0.25) is 0 Å². The van der Waals surface area contributed by atoms with Crippen LogP contribution in [0.4, 0.5) is 0 Å². The molecule has 1 heterocycles. The van der Waals surface area contributed by atoms with Gasteiger partial charge in [0, 0.05) is 12.6 Å². The number of hydrogen-bond acceptors (Lipinski definition) is 3. The van der Waals surface area contributed by atoms with Crippen LogP contribution in [-0.2, 0) is 9.84 Å². The molecule has 0 aromatic heterocycles. The minimum atomic E-state index is -2.79. The highest BCUT2D eigenvalue weighted by molar-refractivity contribution is 7.91. The fraction of sp³-hybridized carbons (Fsp3) is 0.600. The predicted octanol–water partition coefficient (Wildman–Crippen LogP) is 2.20. The predicted molar refractivity (Wildman–Crippen MR) is 79.1 cm³/mol. The maximum absolute atomic E-state index is 11.4. The van der Waals surface area contributed by atoms with E-state index in [1.807, 2.05) is 6.07 Å². The summed E-state index contributed by atoms with van der Waals surface area (Å²) >= 11 is 0. The summed E-state index contributed by atoms with van der Waals surface area (Å²) in [5, 5.41) is 3.44. The van der Waals surface area contributed by atoms with Crippen LogP contribution in [0.1, 0.15) is 31.7 Å². The molecule has 0 bridgehead atoms. The summed E-state index contributed by atoms with van der Waals surface area (Å²) in [4.78, 5) is 0. The van der Waals surface area contributed by atoms with Gasteiger partial charge in [-0.3, -0.25) is 0 Å². The Morgan fingerprint density at radius 3 is 2.47 bits per heavy atom. The first kappa shape index (κ1) is 14.5. The number of rotatable bonds is 5. The fourth-order valence-electron chi connectivity index (χ4n) is 2.69. The van der Waals surface area contributed by atoms with Gasteiger partial charge < -0.3 is 5.32 Å². The third kappa shape index (κ3) is 4.05. The van der Waals surface area contributed by atoms with Crippen LogP contribution in [-0.4, -0.2) is 32.5 Å². The Hall–Kier alpha value is -0.870. The largest absolute Gasteiger partial charge is 0.312 e. The molecule has 2 unspecified atom stereocenters. The van der Waals surface area contributed by atoms with Crippen LogP contribution in [0.3, 0.4) is 0 Å². The van der Waals surface area contributed by atoms with Crippen molar-refractivity contribution in [2.75, 3.05) is 18.1 Å². The van der Waals surface area contributed by atoms with E-state index >= 15 is 0 Å². The van der Waals surface area contributed by atoms with Crippen LogP contribution in [0.25, 0.3) is 0 Å². The van der Waals surface area contributed by atoms with Crippen molar-refractivity contribution in [2.24, 2.45) is 5.92 Å². The Balaban J connectivity index is 1.96. The van der Waals surface area contributed by atoms with E-state index in [4.69, 9.17) is 0 Å². The summed E-state index contributed by atoms with van der Waals surface area (Å²) in [6, 6.07) is 10.6. The topological polar surface area (TPSA) is 46.2 Å². The van der Waals surface area contributed by atoms with E-state index in [2.05, 4.69) is 43.4 Å². The minimum absolute atomic E-state index is 0.134. The van der Waals surface area contributed by atoms with E-state index in [0.29, 0.717) is 23.3 Å². The Kier molecular flexibility index (Phi) is 4.63. The van der Waals surface area contributed by atoms with Crippen molar-refractivity contribution in [1.29, 1.82) is 0 Å². The first-order valence-electron chi connectivity index (χ1n) is 6.97. The standard InChI is InChI=1S/C15H23NO2S/c1-12(2)15(13-6-4-3-5-7-13)10-16-14-8-9-19(17,18)11-14/h3-7,12,14-16H,8-11H2,1-2H3. The highest BCUT2D eigenvalue weighted by Gasteiger charge is 2.28. The molecule has 1 aromatic carbocycles. The molecule has 0 radical (unpaired) electrons. The van der Waals surface area contributed by atoms with Gasteiger partial charge in [0.15, 0.2) is 9.84 Å². The van der Waals surface area contributed by atoms with Crippen molar-refractivity contribution >= 4 is 9.84 Å². The summed E-state index contributed by atoms with van der Waals surface area (Å²) in [5.74, 6) is 1.60. The zero-order valence-corrected chi connectivity index (χ0v) is 12.5. The smallest absolute Gasteiger partial charge is 0.151 e. The van der Waals surface area contributed by atoms with Gasteiger partial charge in [-0.2, -0.15) is 0 Å². The molecule has 1 fully saturated rings. The van der Waals surface area contributed by atoms with Crippen molar-refractivity contribution in [3.8, 4) is 0 Å². The second-order valence-corrected chi connectivity index (χ2v) is 8.00. The molecule has 19 heavy (non-hydrogen) atoms. The first-order valence-corrected chi connectivity index (χ1v) is 8.79. The molecule has 0 spiro atoms. The third-order valence-electron chi connectivity index (χ3n) is 3.89. The minimum Gasteiger partial charge on any atom is -0.312 e. The van der Waals surface area contributed by atoms with E-state index < -0.39 is 9.84 Å². The van der Waals surface area contributed by atoms with Crippen molar-refractivity contribution in [1.82, 2.24) is 5.32 Å². The average Bonchev–Trinajstić information content (AvgIpc) is 2.70. The number of sulfone groups is 1. The zero-order valence-electron chi connectivity index (χ0n) is 11.7. The van der Waals surface area contributed by atoms with Gasteiger partial charge in [0.1, 0.15) is 0 Å². The molecule has 1 saturated heterocycles. The van der Waals surface area contributed by atoms with Crippen LogP contribution in [0.5, 0.6) is 0 Å². The maximum Gasteiger partial charge on any atom is 0.151 e. The fourth-order valence-corrected chi connectivity index (χ4v) is 4.40. The average molecular weight is 281 g/mol. The Morgan fingerprint density at radius 1 is 1.26 bits per heavy atom. The summed E-state index contributed by atoms with van der Waals surface area (Å²) in [6.45, 7) is 5.28. The van der Waals surface area contributed by atoms with E-state index in [1.165, 1.54) is 5.56 Å². The molecule has 106 valence electrons. The molecular weight excluding hydrogens is 258 g/mol. The highest BCUT2D eigenvalue weighted by Crippen LogP contribution is 2.24. The molecule has 1 aliphatic rings. The summed E-state index contributed by atoms with van der Waals surface area (Å²) in [6.07, 6.45) is 0.752. The molecule has 1 N–H and O–H groups in total. The lowest BCUT2D eigenvalue weighted by Crippen LogP contribution is -2.34. The first-order chi connectivity index (χ1) is 8.98. The zero-order chi connectivity index (χ0) is 13.9. The second kappa shape index (κ2) is 6.06. The molecule has 1 aliphatic heterocycles. The van der Waals surface area contributed by atoms with Crippen LogP contribution >= 0.6 is 0 Å². The van der Waals surface area contributed by atoms with Crippen molar-refractivity contribution in [3.05, 3.63) is 35.9 Å². The Bertz CT molecular complexity index is 496. The molecule has 3 nitrogen and oxygen atoms in total. The van der Waals surface area contributed by atoms with Gasteiger partial charge in [0.25, 0.3) is 0 Å². The highest BCUT2D eigenvalue weighted by atomic mass is 32.2. The van der Waals surface area contributed by atoms with E-state index in [1.54, 1.807) is 0 Å². The number of nitrogens with one attached hydrogen (secondary N) is 1. The van der Waals surface area contributed by atoms with Crippen LogP contribution in [0.2, 0.25) is 0 Å². The molecule has 4 heteroatoms. The third-order valence-corrected chi connectivity index (χ3v) is 5.66. The molecule has 0 saturated carbocycles. The van der Waals surface area contributed by atoms with Crippen LogP contribution < -0.4 is 5.32 Å². The summed E-state index contributed by atoms with van der Waals surface area (Å²) in [5.41, 5.74) is 1.32. The normalized spacial score (nSPS) is 23.6. The molecule has 2 atom stereocenters. The lowest BCUT2D eigenvalue weighted by Gasteiger charge is -2.23. The van der Waals surface area contributed by atoms with Gasteiger partial charge in [-0.05, 0) is 23.8 Å². The summed E-state index contributed by atoms with van der Waals surface area (Å²) in [7, 11) is -2.79. The van der Waals surface area contributed by atoms with Crippen LogP contribution in [0.15, 0.2) is 30.3 Å². The molecule has 0 aliphatic carbocycles. The number of hydrogen-bond donors (Lipinski definition) is 1. The van der Waals surface area contributed by atoms with E-state index in [9.17, 15) is 8.42 Å². The number of benzene rings is 1. The SMILES string of the molecule is CC(C)C(CNC1CCS(=O)(=O)C1)c1ccccc1. The van der Waals surface area contributed by atoms with Gasteiger partial charge in [-0.25, -0.2) is 8.42 Å². The van der Waals surface area contributed by atoms with E-state index in [0.717, 1.165) is 13.0 Å². The maximum atomic E-state index is 11.4. The summed E-state index contributed by atoms with van der Waals surface area (Å²) < 4.78 is 22.9. The van der Waals surface area contributed by atoms with Crippen LogP contribution in [0, 0.1) is 5.92 Å². The Morgan fingerprint density at radius 2 is 1.95 bits per heavy atom. The van der Waals surface area contributed by atoms with Gasteiger partial charge in [-0.15, -0.1) is 0 Å². The Labute approximate surface area is 116 Å².